The molecule has 0 spiro atoms. The Morgan fingerprint density at radius 2 is 1.52 bits per heavy atom. The van der Waals surface area contributed by atoms with Crippen LogP contribution in [-0.2, 0) is 6.42 Å². The summed E-state index contributed by atoms with van der Waals surface area (Å²) in [7, 11) is -0.525. The topological polar surface area (TPSA) is 0 Å². The molecule has 2 aliphatic rings. The van der Waals surface area contributed by atoms with Gasteiger partial charge in [0.15, 0.2) is 11.6 Å². The summed E-state index contributed by atoms with van der Waals surface area (Å²) >= 11 is 0. The number of hydrogen-bond acceptors (Lipinski definition) is 0. The molecule has 1 saturated carbocycles. The second-order valence-corrected chi connectivity index (χ2v) is 13.2. The number of benzene rings is 1. The van der Waals surface area contributed by atoms with Crippen LogP contribution in [0.25, 0.3) is 0 Å². The van der Waals surface area contributed by atoms with Crippen LogP contribution in [0.15, 0.2) is 18.2 Å². The highest BCUT2D eigenvalue weighted by Gasteiger charge is 2.30. The van der Waals surface area contributed by atoms with Gasteiger partial charge >= 0.3 is 0 Å². The normalized spacial score (nSPS) is 27.8. The Morgan fingerprint density at radius 3 is 2.21 bits per heavy atom. The molecule has 0 bridgehead atoms. The van der Waals surface area contributed by atoms with Crippen LogP contribution in [0.5, 0.6) is 0 Å². The molecule has 0 N–H and O–H groups in total. The summed E-state index contributed by atoms with van der Waals surface area (Å²) in [5.74, 6) is 1.35. The zero-order chi connectivity index (χ0) is 20.5. The minimum atomic E-state index is -0.752. The molecule has 0 unspecified atom stereocenters. The fourth-order valence-corrected chi connectivity index (χ4v) is 9.41. The minimum Gasteiger partial charge on any atom is -0.251 e. The summed E-state index contributed by atoms with van der Waals surface area (Å²) in [6, 6.07) is 8.71. The predicted octanol–water partition coefficient (Wildman–Crippen LogP) is 7.87. The zero-order valence-corrected chi connectivity index (χ0v) is 19.1. The van der Waals surface area contributed by atoms with Crippen molar-refractivity contribution >= 4 is 8.80 Å². The first-order valence-electron chi connectivity index (χ1n) is 12.2. The Bertz CT molecular complexity index is 590. The summed E-state index contributed by atoms with van der Waals surface area (Å²) in [4.78, 5) is 0. The fourth-order valence-electron chi connectivity index (χ4n) is 5.88. The van der Waals surface area contributed by atoms with Crippen LogP contribution in [0, 0.1) is 29.4 Å². The molecular formula is C25H39F3Si. The van der Waals surface area contributed by atoms with E-state index in [1.807, 2.05) is 0 Å². The van der Waals surface area contributed by atoms with Crippen LogP contribution in [-0.4, -0.2) is 15.5 Å². The van der Waals surface area contributed by atoms with E-state index in [0.717, 1.165) is 49.0 Å². The van der Waals surface area contributed by atoms with Crippen LogP contribution in [0.3, 0.4) is 0 Å². The van der Waals surface area contributed by atoms with Crippen molar-refractivity contribution in [2.24, 2.45) is 17.8 Å². The number of hydrogen-bond donors (Lipinski definition) is 0. The number of rotatable bonds is 10. The molecule has 0 aromatic heterocycles. The third-order valence-electron chi connectivity index (χ3n) is 7.76. The lowest BCUT2D eigenvalue weighted by molar-refractivity contribution is 0.184. The zero-order valence-electron chi connectivity index (χ0n) is 18.0. The molecular weight excluding hydrogens is 385 g/mol. The third kappa shape index (κ3) is 7.45. The number of unbranched alkanes of at least 4 members (excludes halogenated alkanes) is 2. The van der Waals surface area contributed by atoms with Crippen molar-refractivity contribution in [2.45, 2.75) is 95.2 Å². The van der Waals surface area contributed by atoms with Crippen LogP contribution < -0.4 is 0 Å². The van der Waals surface area contributed by atoms with Crippen LogP contribution in [0.2, 0.25) is 18.1 Å². The van der Waals surface area contributed by atoms with Crippen LogP contribution >= 0.6 is 0 Å². The van der Waals surface area contributed by atoms with E-state index in [1.54, 1.807) is 6.07 Å². The van der Waals surface area contributed by atoms with Gasteiger partial charge in [0.05, 0.1) is 6.67 Å². The van der Waals surface area contributed by atoms with Gasteiger partial charge in [0, 0.05) is 8.80 Å². The minimum absolute atomic E-state index is 0.127. The van der Waals surface area contributed by atoms with Gasteiger partial charge in [-0.2, -0.15) is 0 Å². The van der Waals surface area contributed by atoms with Gasteiger partial charge in [-0.25, -0.2) is 8.78 Å². The van der Waals surface area contributed by atoms with E-state index in [-0.39, 0.29) is 6.67 Å². The summed E-state index contributed by atoms with van der Waals surface area (Å²) in [5.41, 5.74) is 0.913. The molecule has 0 amide bonds. The number of aryl methyl sites for hydroxylation is 1. The average molecular weight is 425 g/mol. The standard InChI is InChI=1S/C25H39F3Si/c26-15-3-4-16-29-17-13-23(14-18-29)22-10-7-20(8-11-22)5-1-2-6-21-9-12-24(27)25(28)19-21/h9,12,19-20,22-23,29H,1-8,10-11,13-18H2/t20-,22-,23-,29-. The van der Waals surface area contributed by atoms with E-state index in [2.05, 4.69) is 0 Å². The molecule has 0 atom stereocenters. The van der Waals surface area contributed by atoms with E-state index in [4.69, 9.17) is 0 Å². The summed E-state index contributed by atoms with van der Waals surface area (Å²) in [5, 5.41) is 0. The maximum atomic E-state index is 13.3. The third-order valence-corrected chi connectivity index (χ3v) is 11.3. The molecule has 4 heteroatoms. The summed E-state index contributed by atoms with van der Waals surface area (Å²) < 4.78 is 38.5. The SMILES string of the molecule is FCCCC[Si@H]1CC[C@H]([C@H]2CC[C@H](CCCCc3ccc(F)c(F)c3)CC2)CC1. The highest BCUT2D eigenvalue weighted by Crippen LogP contribution is 2.42. The van der Waals surface area contributed by atoms with E-state index in [9.17, 15) is 13.2 Å². The van der Waals surface area contributed by atoms with Crippen molar-refractivity contribution in [2.75, 3.05) is 6.67 Å². The highest BCUT2D eigenvalue weighted by atomic mass is 28.3. The van der Waals surface area contributed by atoms with Gasteiger partial charge in [0.2, 0.25) is 0 Å². The van der Waals surface area contributed by atoms with Gasteiger partial charge in [-0.3, -0.25) is 4.39 Å². The average Bonchev–Trinajstić information content (AvgIpc) is 2.75. The van der Waals surface area contributed by atoms with Crippen LogP contribution in [0.1, 0.15) is 76.2 Å². The van der Waals surface area contributed by atoms with Crippen molar-refractivity contribution in [3.63, 3.8) is 0 Å². The largest absolute Gasteiger partial charge is 0.251 e. The molecule has 29 heavy (non-hydrogen) atoms. The van der Waals surface area contributed by atoms with E-state index >= 15 is 0 Å². The highest BCUT2D eigenvalue weighted by molar-refractivity contribution is 6.58. The molecule has 0 radical (unpaired) electrons. The monoisotopic (exact) mass is 424 g/mol. The second-order valence-electron chi connectivity index (χ2n) is 9.74. The first kappa shape index (κ1) is 22.9. The van der Waals surface area contributed by atoms with Crippen molar-refractivity contribution in [3.8, 4) is 0 Å². The fraction of sp³-hybridized carbons (Fsp3) is 0.760. The van der Waals surface area contributed by atoms with Crippen molar-refractivity contribution in [1.29, 1.82) is 0 Å². The lowest BCUT2D eigenvalue weighted by atomic mass is 9.73. The van der Waals surface area contributed by atoms with Gasteiger partial charge < -0.3 is 0 Å². The molecule has 2 fully saturated rings. The predicted molar refractivity (Wildman–Crippen MR) is 119 cm³/mol. The summed E-state index contributed by atoms with van der Waals surface area (Å²) in [6.07, 6.45) is 14.9. The Morgan fingerprint density at radius 1 is 0.793 bits per heavy atom. The van der Waals surface area contributed by atoms with Gasteiger partial charge in [-0.05, 0) is 67.6 Å². The summed E-state index contributed by atoms with van der Waals surface area (Å²) in [6.45, 7) is -0.127. The Hall–Kier alpha value is -0.773. The van der Waals surface area contributed by atoms with E-state index in [0.29, 0.717) is 0 Å². The van der Waals surface area contributed by atoms with E-state index < -0.39 is 20.4 Å². The first-order chi connectivity index (χ1) is 14.2. The molecule has 1 saturated heterocycles. The van der Waals surface area contributed by atoms with Gasteiger partial charge in [-0.15, -0.1) is 0 Å². The molecule has 1 aromatic carbocycles. The number of halogens is 3. The lowest BCUT2D eigenvalue weighted by Gasteiger charge is -2.37. The molecule has 1 aliphatic heterocycles. The molecule has 0 nitrogen and oxygen atoms in total. The lowest BCUT2D eigenvalue weighted by Crippen LogP contribution is -2.28. The van der Waals surface area contributed by atoms with Crippen molar-refractivity contribution in [1.82, 2.24) is 0 Å². The van der Waals surface area contributed by atoms with Crippen LogP contribution in [0.4, 0.5) is 13.2 Å². The van der Waals surface area contributed by atoms with Crippen molar-refractivity contribution in [3.05, 3.63) is 35.4 Å². The first-order valence-corrected chi connectivity index (χ1v) is 14.6. The molecule has 1 aromatic rings. The van der Waals surface area contributed by atoms with Crippen molar-refractivity contribution < 1.29 is 13.2 Å². The van der Waals surface area contributed by atoms with E-state index in [1.165, 1.54) is 81.6 Å². The maximum Gasteiger partial charge on any atom is 0.159 e. The van der Waals surface area contributed by atoms with Gasteiger partial charge in [0.1, 0.15) is 0 Å². The van der Waals surface area contributed by atoms with Gasteiger partial charge in [0.25, 0.3) is 0 Å². The van der Waals surface area contributed by atoms with Gasteiger partial charge in [-0.1, -0.05) is 69.1 Å². The maximum absolute atomic E-state index is 13.3. The molecule has 1 aliphatic carbocycles. The Kier molecular flexibility index (Phi) is 9.61. The Labute approximate surface area is 177 Å². The molecule has 164 valence electrons. The number of alkyl halides is 1. The smallest absolute Gasteiger partial charge is 0.159 e. The second kappa shape index (κ2) is 12.2. The quantitative estimate of drug-likeness (QED) is 0.265. The molecule has 3 rings (SSSR count). The Balaban J connectivity index is 1.26. The molecule has 1 heterocycles.